The lowest BCUT2D eigenvalue weighted by Gasteiger charge is -2.22. The minimum Gasteiger partial charge on any atom is -0.507 e. The predicted molar refractivity (Wildman–Crippen MR) is 136 cm³/mol. The SMILES string of the molecule is CC(C)Oc1cccc(/C(O)=C2\C(=O)C(=O)N(c3nc4cc(Cl)c(F)cc4s3)C2c2cccnc2)c1. The number of amides is 1. The fourth-order valence-corrected chi connectivity index (χ4v) is 5.20. The third-order valence-electron chi connectivity index (χ3n) is 5.55. The molecule has 1 aliphatic heterocycles. The summed E-state index contributed by atoms with van der Waals surface area (Å²) < 4.78 is 20.2. The summed E-state index contributed by atoms with van der Waals surface area (Å²) in [5.41, 5.74) is 1.08. The van der Waals surface area contributed by atoms with Crippen LogP contribution in [0.1, 0.15) is 31.0 Å². The number of hydrogen-bond acceptors (Lipinski definition) is 7. The van der Waals surface area contributed by atoms with Crippen molar-refractivity contribution in [1.82, 2.24) is 9.97 Å². The van der Waals surface area contributed by atoms with Crippen LogP contribution in [0.5, 0.6) is 5.75 Å². The number of thiazole rings is 1. The Morgan fingerprint density at radius 1 is 1.19 bits per heavy atom. The van der Waals surface area contributed by atoms with Crippen molar-refractivity contribution in [2.24, 2.45) is 0 Å². The molecule has 1 fully saturated rings. The summed E-state index contributed by atoms with van der Waals surface area (Å²) in [4.78, 5) is 36.4. The van der Waals surface area contributed by atoms with Gasteiger partial charge in [0.15, 0.2) is 5.13 Å². The summed E-state index contributed by atoms with van der Waals surface area (Å²) in [6, 6.07) is 11.6. The van der Waals surface area contributed by atoms with Crippen molar-refractivity contribution in [3.8, 4) is 5.75 Å². The quantitative estimate of drug-likeness (QED) is 0.199. The number of aliphatic hydroxyl groups is 1. The van der Waals surface area contributed by atoms with E-state index in [-0.39, 0.29) is 27.6 Å². The fraction of sp³-hybridized carbons (Fsp3) is 0.154. The molecule has 5 rings (SSSR count). The molecule has 0 saturated carbocycles. The van der Waals surface area contributed by atoms with Crippen LogP contribution < -0.4 is 9.64 Å². The molecule has 1 saturated heterocycles. The molecule has 2 aromatic heterocycles. The van der Waals surface area contributed by atoms with E-state index in [4.69, 9.17) is 16.3 Å². The number of anilines is 1. The maximum absolute atomic E-state index is 14.0. The summed E-state index contributed by atoms with van der Waals surface area (Å²) >= 11 is 6.94. The summed E-state index contributed by atoms with van der Waals surface area (Å²) in [6.45, 7) is 3.75. The van der Waals surface area contributed by atoms with Crippen LogP contribution in [0.3, 0.4) is 0 Å². The first-order valence-corrected chi connectivity index (χ1v) is 12.2. The molecule has 0 spiro atoms. The number of ether oxygens (including phenoxy) is 1. The molecule has 0 radical (unpaired) electrons. The predicted octanol–water partition coefficient (Wildman–Crippen LogP) is 5.90. The molecule has 0 aliphatic carbocycles. The standard InChI is InChI=1S/C26H19ClFN3O4S/c1-13(2)35-16-7-3-5-14(9-16)23(32)21-22(15-6-4-8-29-12-15)31(25(34)24(21)33)26-30-19-10-17(27)18(28)11-20(19)36-26/h3-13,22,32H,1-2H3/b23-21+. The molecule has 182 valence electrons. The van der Waals surface area contributed by atoms with Crippen LogP contribution >= 0.6 is 22.9 Å². The summed E-state index contributed by atoms with van der Waals surface area (Å²) in [5, 5.41) is 11.4. The molecule has 1 atom stereocenters. The zero-order chi connectivity index (χ0) is 25.6. The molecule has 36 heavy (non-hydrogen) atoms. The van der Waals surface area contributed by atoms with E-state index in [9.17, 15) is 19.1 Å². The third-order valence-corrected chi connectivity index (χ3v) is 6.86. The van der Waals surface area contributed by atoms with Crippen molar-refractivity contribution < 1.29 is 23.8 Å². The van der Waals surface area contributed by atoms with Gasteiger partial charge in [-0.2, -0.15) is 0 Å². The van der Waals surface area contributed by atoms with Crippen LogP contribution in [0.4, 0.5) is 9.52 Å². The number of carbonyl (C=O) groups excluding carboxylic acids is 2. The number of aliphatic hydroxyl groups excluding tert-OH is 1. The van der Waals surface area contributed by atoms with Crippen LogP contribution in [0.15, 0.2) is 66.5 Å². The van der Waals surface area contributed by atoms with Gasteiger partial charge >= 0.3 is 5.91 Å². The van der Waals surface area contributed by atoms with Gasteiger partial charge in [0.1, 0.15) is 17.3 Å². The first-order chi connectivity index (χ1) is 17.2. The third kappa shape index (κ3) is 4.20. The van der Waals surface area contributed by atoms with Gasteiger partial charge in [0.2, 0.25) is 0 Å². The number of Topliss-reactive ketones (excluding diaryl/α,β-unsaturated/α-hetero) is 1. The largest absolute Gasteiger partial charge is 0.507 e. The molecular formula is C26H19ClFN3O4S. The second kappa shape index (κ2) is 9.33. The number of rotatable bonds is 5. The van der Waals surface area contributed by atoms with Gasteiger partial charge in [0, 0.05) is 18.0 Å². The maximum Gasteiger partial charge on any atom is 0.301 e. The number of halogens is 2. The van der Waals surface area contributed by atoms with Gasteiger partial charge in [0.05, 0.1) is 33.0 Å². The van der Waals surface area contributed by atoms with Crippen molar-refractivity contribution >= 4 is 55.7 Å². The highest BCUT2D eigenvalue weighted by Crippen LogP contribution is 2.44. The highest BCUT2D eigenvalue weighted by molar-refractivity contribution is 7.22. The van der Waals surface area contributed by atoms with Gasteiger partial charge in [-0.25, -0.2) is 9.37 Å². The average molecular weight is 524 g/mol. The number of fused-ring (bicyclic) bond motifs is 1. The van der Waals surface area contributed by atoms with Gasteiger partial charge in [-0.1, -0.05) is 41.1 Å². The highest BCUT2D eigenvalue weighted by Gasteiger charge is 2.48. The molecule has 7 nitrogen and oxygen atoms in total. The molecule has 10 heteroatoms. The van der Waals surface area contributed by atoms with Gasteiger partial charge in [0.25, 0.3) is 5.78 Å². The Morgan fingerprint density at radius 2 is 2.00 bits per heavy atom. The minimum atomic E-state index is -1.01. The Kier molecular flexibility index (Phi) is 6.19. The van der Waals surface area contributed by atoms with Gasteiger partial charge < -0.3 is 9.84 Å². The number of ketones is 1. The number of aromatic nitrogens is 2. The van der Waals surface area contributed by atoms with E-state index in [1.54, 1.807) is 42.6 Å². The van der Waals surface area contributed by atoms with Crippen molar-refractivity contribution in [3.63, 3.8) is 0 Å². The molecule has 4 aromatic rings. The Bertz CT molecular complexity index is 1500. The van der Waals surface area contributed by atoms with E-state index in [0.29, 0.717) is 27.1 Å². The molecule has 1 aliphatic rings. The van der Waals surface area contributed by atoms with Gasteiger partial charge in [-0.05, 0) is 49.7 Å². The first-order valence-electron chi connectivity index (χ1n) is 11.0. The lowest BCUT2D eigenvalue weighted by molar-refractivity contribution is -0.132. The Morgan fingerprint density at radius 3 is 2.72 bits per heavy atom. The van der Waals surface area contributed by atoms with E-state index in [2.05, 4.69) is 9.97 Å². The number of carbonyl (C=O) groups is 2. The van der Waals surface area contributed by atoms with Crippen LogP contribution in [0.25, 0.3) is 16.0 Å². The second-order valence-corrected chi connectivity index (χ2v) is 9.80. The Balaban J connectivity index is 1.69. The van der Waals surface area contributed by atoms with E-state index in [1.807, 2.05) is 13.8 Å². The highest BCUT2D eigenvalue weighted by atomic mass is 35.5. The molecule has 1 N–H and O–H groups in total. The zero-order valence-corrected chi connectivity index (χ0v) is 20.7. The van der Waals surface area contributed by atoms with E-state index < -0.39 is 23.5 Å². The fourth-order valence-electron chi connectivity index (χ4n) is 4.04. The van der Waals surface area contributed by atoms with Crippen molar-refractivity contribution in [2.45, 2.75) is 26.0 Å². The summed E-state index contributed by atoms with van der Waals surface area (Å²) in [6.07, 6.45) is 2.98. The summed E-state index contributed by atoms with van der Waals surface area (Å²) in [5.74, 6) is -2.21. The second-order valence-electron chi connectivity index (χ2n) is 8.38. The Hall–Kier alpha value is -3.82. The molecule has 1 amide bonds. The zero-order valence-electron chi connectivity index (χ0n) is 19.1. The molecular weight excluding hydrogens is 505 g/mol. The van der Waals surface area contributed by atoms with Crippen LogP contribution in [-0.4, -0.2) is 32.9 Å². The molecule has 0 bridgehead atoms. The van der Waals surface area contributed by atoms with Gasteiger partial charge in [-0.3, -0.25) is 19.5 Å². The molecule has 2 aromatic carbocycles. The van der Waals surface area contributed by atoms with Crippen molar-refractivity contribution in [1.29, 1.82) is 0 Å². The van der Waals surface area contributed by atoms with Crippen LogP contribution in [-0.2, 0) is 9.59 Å². The van der Waals surface area contributed by atoms with Crippen LogP contribution in [0.2, 0.25) is 5.02 Å². The number of benzene rings is 2. The van der Waals surface area contributed by atoms with Gasteiger partial charge in [-0.15, -0.1) is 0 Å². The monoisotopic (exact) mass is 523 g/mol. The van der Waals surface area contributed by atoms with E-state index >= 15 is 0 Å². The molecule has 3 heterocycles. The molecule has 1 unspecified atom stereocenters. The average Bonchev–Trinajstić information content (AvgIpc) is 3.36. The van der Waals surface area contributed by atoms with E-state index in [0.717, 1.165) is 11.3 Å². The number of hydrogen-bond donors (Lipinski definition) is 1. The maximum atomic E-state index is 14.0. The van der Waals surface area contributed by atoms with E-state index in [1.165, 1.54) is 23.2 Å². The van der Waals surface area contributed by atoms with Crippen molar-refractivity contribution in [2.75, 3.05) is 4.90 Å². The number of nitrogens with zero attached hydrogens (tertiary/aromatic N) is 3. The first kappa shape index (κ1) is 23.9. The summed E-state index contributed by atoms with van der Waals surface area (Å²) in [7, 11) is 0. The Labute approximate surface area is 214 Å². The lowest BCUT2D eigenvalue weighted by Crippen LogP contribution is -2.29. The normalized spacial score (nSPS) is 17.4. The lowest BCUT2D eigenvalue weighted by atomic mass is 9.96. The minimum absolute atomic E-state index is 0.0965. The smallest absolute Gasteiger partial charge is 0.301 e. The topological polar surface area (TPSA) is 92.6 Å². The van der Waals surface area contributed by atoms with Crippen LogP contribution in [0, 0.1) is 5.82 Å². The van der Waals surface area contributed by atoms with Crippen molar-refractivity contribution in [3.05, 3.63) is 88.5 Å². The number of pyridine rings is 1.